The Morgan fingerprint density at radius 1 is 1.32 bits per heavy atom. The first kappa shape index (κ1) is 15.6. The molecule has 0 saturated carbocycles. The zero-order valence-electron chi connectivity index (χ0n) is 13.3. The van der Waals surface area contributed by atoms with Crippen LogP contribution in [0.15, 0.2) is 18.2 Å². The second-order valence-corrected chi connectivity index (χ2v) is 5.89. The van der Waals surface area contributed by atoms with Gasteiger partial charge < -0.3 is 24.4 Å². The van der Waals surface area contributed by atoms with Crippen LogP contribution in [0.4, 0.5) is 0 Å². The SMILES string of the molecule is COc1c(CCN2CCNCC2)cccc1OC1CCOC1. The molecule has 0 bridgehead atoms. The van der Waals surface area contributed by atoms with Crippen LogP contribution >= 0.6 is 0 Å². The Labute approximate surface area is 132 Å². The van der Waals surface area contributed by atoms with E-state index in [1.54, 1.807) is 7.11 Å². The van der Waals surface area contributed by atoms with Crippen LogP contribution in [0, 0.1) is 0 Å². The molecular formula is C17H26N2O3. The number of piperazine rings is 1. The van der Waals surface area contributed by atoms with E-state index >= 15 is 0 Å². The van der Waals surface area contributed by atoms with Gasteiger partial charge in [0.25, 0.3) is 0 Å². The molecule has 2 saturated heterocycles. The average molecular weight is 306 g/mol. The minimum atomic E-state index is 0.150. The van der Waals surface area contributed by atoms with Gasteiger partial charge in [-0.2, -0.15) is 0 Å². The lowest BCUT2D eigenvalue weighted by atomic mass is 10.1. The van der Waals surface area contributed by atoms with Crippen molar-refractivity contribution in [2.75, 3.05) is 53.0 Å². The highest BCUT2D eigenvalue weighted by atomic mass is 16.6. The summed E-state index contributed by atoms with van der Waals surface area (Å²) in [7, 11) is 1.72. The summed E-state index contributed by atoms with van der Waals surface area (Å²) >= 11 is 0. The third-order valence-electron chi connectivity index (χ3n) is 4.35. The van der Waals surface area contributed by atoms with Crippen molar-refractivity contribution in [3.63, 3.8) is 0 Å². The quantitative estimate of drug-likeness (QED) is 0.858. The van der Waals surface area contributed by atoms with Crippen LogP contribution < -0.4 is 14.8 Å². The van der Waals surface area contributed by atoms with E-state index in [4.69, 9.17) is 14.2 Å². The predicted octanol–water partition coefficient (Wildman–Crippen LogP) is 1.31. The second kappa shape index (κ2) is 7.81. The van der Waals surface area contributed by atoms with E-state index in [0.29, 0.717) is 6.61 Å². The van der Waals surface area contributed by atoms with E-state index in [9.17, 15) is 0 Å². The molecule has 1 N–H and O–H groups in total. The first-order chi connectivity index (χ1) is 10.9. The van der Waals surface area contributed by atoms with Crippen LogP contribution in [0.2, 0.25) is 0 Å². The van der Waals surface area contributed by atoms with Gasteiger partial charge in [-0.05, 0) is 18.1 Å². The van der Waals surface area contributed by atoms with Crippen LogP contribution in [0.3, 0.4) is 0 Å². The van der Waals surface area contributed by atoms with E-state index in [2.05, 4.69) is 22.3 Å². The van der Waals surface area contributed by atoms with Crippen molar-refractivity contribution in [2.24, 2.45) is 0 Å². The van der Waals surface area contributed by atoms with Crippen molar-refractivity contribution in [1.29, 1.82) is 0 Å². The standard InChI is InChI=1S/C17H26N2O3/c1-20-17-14(5-9-19-10-7-18-8-11-19)3-2-4-16(17)22-15-6-12-21-13-15/h2-4,15,18H,5-13H2,1H3. The molecule has 1 unspecified atom stereocenters. The summed E-state index contributed by atoms with van der Waals surface area (Å²) in [5, 5.41) is 3.39. The zero-order chi connectivity index (χ0) is 15.2. The number of ether oxygens (including phenoxy) is 3. The fourth-order valence-electron chi connectivity index (χ4n) is 3.08. The molecule has 2 aliphatic rings. The van der Waals surface area contributed by atoms with Gasteiger partial charge in [0.1, 0.15) is 6.10 Å². The Kier molecular flexibility index (Phi) is 5.53. The van der Waals surface area contributed by atoms with Crippen LogP contribution in [0.25, 0.3) is 0 Å². The fraction of sp³-hybridized carbons (Fsp3) is 0.647. The number of rotatable bonds is 6. The Morgan fingerprint density at radius 3 is 2.91 bits per heavy atom. The smallest absolute Gasteiger partial charge is 0.163 e. The lowest BCUT2D eigenvalue weighted by molar-refractivity contribution is 0.138. The first-order valence-corrected chi connectivity index (χ1v) is 8.20. The molecule has 2 heterocycles. The summed E-state index contributed by atoms with van der Waals surface area (Å²) in [4.78, 5) is 2.49. The largest absolute Gasteiger partial charge is 0.493 e. The maximum Gasteiger partial charge on any atom is 0.163 e. The summed E-state index contributed by atoms with van der Waals surface area (Å²) < 4.78 is 17.1. The highest BCUT2D eigenvalue weighted by Crippen LogP contribution is 2.33. The summed E-state index contributed by atoms with van der Waals surface area (Å²) in [6.45, 7) is 6.94. The number of nitrogens with one attached hydrogen (secondary N) is 1. The molecule has 1 atom stereocenters. The Bertz CT molecular complexity index is 469. The van der Waals surface area contributed by atoms with Gasteiger partial charge >= 0.3 is 0 Å². The van der Waals surface area contributed by atoms with Gasteiger partial charge in [-0.1, -0.05) is 12.1 Å². The normalized spacial score (nSPS) is 22.7. The molecule has 0 radical (unpaired) electrons. The maximum absolute atomic E-state index is 6.06. The molecule has 5 nitrogen and oxygen atoms in total. The molecule has 5 heteroatoms. The maximum atomic E-state index is 6.06. The van der Waals surface area contributed by atoms with Gasteiger partial charge in [0, 0.05) is 39.1 Å². The zero-order valence-corrected chi connectivity index (χ0v) is 13.3. The number of nitrogens with zero attached hydrogens (tertiary/aromatic N) is 1. The lowest BCUT2D eigenvalue weighted by Gasteiger charge is -2.27. The lowest BCUT2D eigenvalue weighted by Crippen LogP contribution is -2.44. The van der Waals surface area contributed by atoms with E-state index in [1.807, 2.05) is 6.07 Å². The third-order valence-corrected chi connectivity index (χ3v) is 4.35. The van der Waals surface area contributed by atoms with Crippen LogP contribution in [0.1, 0.15) is 12.0 Å². The van der Waals surface area contributed by atoms with Crippen molar-refractivity contribution in [3.05, 3.63) is 23.8 Å². The number of hydrogen-bond donors (Lipinski definition) is 1. The Balaban J connectivity index is 1.64. The second-order valence-electron chi connectivity index (χ2n) is 5.89. The van der Waals surface area contributed by atoms with E-state index in [1.165, 1.54) is 5.56 Å². The number of hydrogen-bond acceptors (Lipinski definition) is 5. The monoisotopic (exact) mass is 306 g/mol. The predicted molar refractivity (Wildman–Crippen MR) is 85.9 cm³/mol. The minimum Gasteiger partial charge on any atom is -0.493 e. The van der Waals surface area contributed by atoms with Gasteiger partial charge in [-0.25, -0.2) is 0 Å². The van der Waals surface area contributed by atoms with Crippen molar-refractivity contribution >= 4 is 0 Å². The fourth-order valence-corrected chi connectivity index (χ4v) is 3.08. The topological polar surface area (TPSA) is 43.0 Å². The van der Waals surface area contributed by atoms with Gasteiger partial charge in [0.2, 0.25) is 0 Å². The molecule has 0 spiro atoms. The highest BCUT2D eigenvalue weighted by Gasteiger charge is 2.20. The Hall–Kier alpha value is -1.30. The molecule has 0 aromatic heterocycles. The molecule has 2 fully saturated rings. The van der Waals surface area contributed by atoms with Gasteiger partial charge in [0.15, 0.2) is 11.5 Å². The van der Waals surface area contributed by atoms with Crippen LogP contribution in [0.5, 0.6) is 11.5 Å². The summed E-state index contributed by atoms with van der Waals surface area (Å²) in [6, 6.07) is 6.19. The molecule has 3 rings (SSSR count). The number of para-hydroxylation sites is 1. The summed E-state index contributed by atoms with van der Waals surface area (Å²) in [5.41, 5.74) is 1.22. The molecular weight excluding hydrogens is 280 g/mol. The van der Waals surface area contributed by atoms with E-state index in [-0.39, 0.29) is 6.10 Å². The van der Waals surface area contributed by atoms with E-state index < -0.39 is 0 Å². The number of benzene rings is 1. The molecule has 0 amide bonds. The summed E-state index contributed by atoms with van der Waals surface area (Å²) in [5.74, 6) is 1.72. The highest BCUT2D eigenvalue weighted by molar-refractivity contribution is 5.47. The van der Waals surface area contributed by atoms with Crippen LogP contribution in [-0.4, -0.2) is 64.1 Å². The third kappa shape index (κ3) is 3.91. The van der Waals surface area contributed by atoms with Crippen molar-refractivity contribution in [1.82, 2.24) is 10.2 Å². The van der Waals surface area contributed by atoms with Gasteiger partial charge in [-0.3, -0.25) is 0 Å². The molecule has 22 heavy (non-hydrogen) atoms. The molecule has 1 aromatic rings. The molecule has 122 valence electrons. The summed E-state index contributed by atoms with van der Waals surface area (Å²) in [6.07, 6.45) is 2.09. The molecule has 2 aliphatic heterocycles. The Morgan fingerprint density at radius 2 is 2.18 bits per heavy atom. The van der Waals surface area contributed by atoms with Crippen LogP contribution in [-0.2, 0) is 11.2 Å². The average Bonchev–Trinajstić information content (AvgIpc) is 3.07. The van der Waals surface area contributed by atoms with Crippen molar-refractivity contribution < 1.29 is 14.2 Å². The minimum absolute atomic E-state index is 0.150. The molecule has 1 aromatic carbocycles. The number of methoxy groups -OCH3 is 1. The van der Waals surface area contributed by atoms with Gasteiger partial charge in [-0.15, -0.1) is 0 Å². The van der Waals surface area contributed by atoms with Gasteiger partial charge in [0.05, 0.1) is 20.3 Å². The first-order valence-electron chi connectivity index (χ1n) is 8.20. The molecule has 0 aliphatic carbocycles. The van der Waals surface area contributed by atoms with E-state index in [0.717, 1.165) is 63.7 Å². The van der Waals surface area contributed by atoms with Crippen molar-refractivity contribution in [2.45, 2.75) is 18.9 Å². The van der Waals surface area contributed by atoms with Crippen molar-refractivity contribution in [3.8, 4) is 11.5 Å².